The maximum atomic E-state index is 5.51. The summed E-state index contributed by atoms with van der Waals surface area (Å²) >= 11 is 3.22. The number of halogens is 1. The van der Waals surface area contributed by atoms with Crippen LogP contribution in [0.2, 0.25) is 0 Å². The maximum absolute atomic E-state index is 5.51. The first-order valence-corrected chi connectivity index (χ1v) is 6.15. The Balaban J connectivity index is 0.000000963. The lowest BCUT2D eigenvalue weighted by Gasteiger charge is -1.86. The lowest BCUT2D eigenvalue weighted by molar-refractivity contribution is 0.897. The number of nitrogens with two attached hydrogens (primary N) is 1. The van der Waals surface area contributed by atoms with Crippen molar-refractivity contribution in [2.45, 2.75) is 6.54 Å². The molecule has 0 aliphatic heterocycles. The van der Waals surface area contributed by atoms with Gasteiger partial charge >= 0.3 is 0 Å². The number of hydrogen-bond acceptors (Lipinski definition) is 5. The third kappa shape index (κ3) is 1.84. The fourth-order valence-corrected chi connectivity index (χ4v) is 2.80. The Morgan fingerprint density at radius 3 is 2.94 bits per heavy atom. The molecule has 0 aliphatic rings. The molecule has 3 rings (SSSR count). The van der Waals surface area contributed by atoms with Gasteiger partial charge in [0.15, 0.2) is 0 Å². The molecule has 0 amide bonds. The number of thiophene rings is 1. The molecule has 4 nitrogen and oxygen atoms in total. The molecular formula is C9H9ClN4S2. The van der Waals surface area contributed by atoms with E-state index in [0.717, 1.165) is 15.7 Å². The first-order valence-electron chi connectivity index (χ1n) is 4.46. The molecule has 0 unspecified atom stereocenters. The van der Waals surface area contributed by atoms with E-state index >= 15 is 0 Å². The number of fused-ring (bicyclic) bond motifs is 1. The molecule has 0 aliphatic carbocycles. The summed E-state index contributed by atoms with van der Waals surface area (Å²) in [7, 11) is 0. The molecule has 7 heteroatoms. The largest absolute Gasteiger partial charge is 0.324 e. The van der Waals surface area contributed by atoms with E-state index in [1.807, 2.05) is 17.6 Å². The SMILES string of the molecule is Cl.NCc1nn2cc(-c3cccs3)nc2s1. The van der Waals surface area contributed by atoms with Gasteiger partial charge in [-0.15, -0.1) is 23.7 Å². The van der Waals surface area contributed by atoms with Crippen molar-refractivity contribution in [1.29, 1.82) is 0 Å². The van der Waals surface area contributed by atoms with Crippen molar-refractivity contribution >= 4 is 40.0 Å². The second-order valence-electron chi connectivity index (χ2n) is 3.03. The lowest BCUT2D eigenvalue weighted by atomic mass is 10.4. The molecule has 0 saturated heterocycles. The highest BCUT2D eigenvalue weighted by molar-refractivity contribution is 7.16. The summed E-state index contributed by atoms with van der Waals surface area (Å²) < 4.78 is 1.79. The molecule has 0 bridgehead atoms. The normalized spacial score (nSPS) is 10.6. The predicted molar refractivity (Wildman–Crippen MR) is 69.3 cm³/mol. The number of aromatic nitrogens is 3. The molecule has 3 aromatic heterocycles. The molecule has 0 spiro atoms. The van der Waals surface area contributed by atoms with Crippen LogP contribution in [-0.4, -0.2) is 14.6 Å². The quantitative estimate of drug-likeness (QED) is 0.779. The van der Waals surface area contributed by atoms with Gasteiger partial charge in [0, 0.05) is 6.54 Å². The molecule has 2 N–H and O–H groups in total. The van der Waals surface area contributed by atoms with Crippen LogP contribution in [-0.2, 0) is 6.54 Å². The van der Waals surface area contributed by atoms with Gasteiger partial charge < -0.3 is 5.73 Å². The molecule has 84 valence electrons. The summed E-state index contributed by atoms with van der Waals surface area (Å²) in [6.45, 7) is 0.475. The average molecular weight is 273 g/mol. The third-order valence-electron chi connectivity index (χ3n) is 2.03. The fraction of sp³-hybridized carbons (Fsp3) is 0.111. The Bertz CT molecular complexity index is 552. The highest BCUT2D eigenvalue weighted by Crippen LogP contribution is 2.25. The summed E-state index contributed by atoms with van der Waals surface area (Å²) in [4.78, 5) is 6.57. The summed E-state index contributed by atoms with van der Waals surface area (Å²) in [6.07, 6.45) is 1.94. The molecule has 0 saturated carbocycles. The van der Waals surface area contributed by atoms with Crippen molar-refractivity contribution in [1.82, 2.24) is 14.6 Å². The third-order valence-corrected chi connectivity index (χ3v) is 3.87. The van der Waals surface area contributed by atoms with Gasteiger partial charge in [0.1, 0.15) is 10.7 Å². The van der Waals surface area contributed by atoms with Crippen molar-refractivity contribution in [3.8, 4) is 10.6 Å². The van der Waals surface area contributed by atoms with Gasteiger partial charge in [-0.2, -0.15) is 5.10 Å². The minimum absolute atomic E-state index is 0. The van der Waals surface area contributed by atoms with E-state index in [-0.39, 0.29) is 12.4 Å². The van der Waals surface area contributed by atoms with Gasteiger partial charge in [-0.05, 0) is 11.4 Å². The number of rotatable bonds is 2. The molecule has 0 radical (unpaired) electrons. The van der Waals surface area contributed by atoms with Crippen LogP contribution in [0.5, 0.6) is 0 Å². The molecular weight excluding hydrogens is 264 g/mol. The summed E-state index contributed by atoms with van der Waals surface area (Å²) in [5.74, 6) is 0. The van der Waals surface area contributed by atoms with Crippen molar-refractivity contribution in [2.75, 3.05) is 0 Å². The van der Waals surface area contributed by atoms with E-state index in [4.69, 9.17) is 5.73 Å². The van der Waals surface area contributed by atoms with Crippen LogP contribution in [0, 0.1) is 0 Å². The van der Waals surface area contributed by atoms with Crippen LogP contribution in [0.1, 0.15) is 5.01 Å². The first-order chi connectivity index (χ1) is 7.36. The summed E-state index contributed by atoms with van der Waals surface area (Å²) in [6, 6.07) is 4.08. The zero-order chi connectivity index (χ0) is 10.3. The molecule has 0 atom stereocenters. The molecule has 0 aromatic carbocycles. The van der Waals surface area contributed by atoms with Crippen LogP contribution in [0.15, 0.2) is 23.7 Å². The predicted octanol–water partition coefficient (Wildman–Crippen LogP) is 2.40. The van der Waals surface area contributed by atoms with E-state index in [1.54, 1.807) is 15.9 Å². The van der Waals surface area contributed by atoms with Gasteiger partial charge in [0.05, 0.1) is 11.1 Å². The molecule has 16 heavy (non-hydrogen) atoms. The van der Waals surface area contributed by atoms with Crippen molar-refractivity contribution < 1.29 is 0 Å². The van der Waals surface area contributed by atoms with E-state index < -0.39 is 0 Å². The minimum atomic E-state index is 0. The van der Waals surface area contributed by atoms with E-state index in [9.17, 15) is 0 Å². The van der Waals surface area contributed by atoms with E-state index in [1.165, 1.54) is 16.2 Å². The average Bonchev–Trinajstić information content (AvgIpc) is 2.91. The highest BCUT2D eigenvalue weighted by atomic mass is 35.5. The van der Waals surface area contributed by atoms with Crippen LogP contribution < -0.4 is 5.73 Å². The Morgan fingerprint density at radius 2 is 2.31 bits per heavy atom. The second-order valence-corrected chi connectivity index (χ2v) is 5.02. The summed E-state index contributed by atoms with van der Waals surface area (Å²) in [5.41, 5.74) is 6.49. The first kappa shape index (κ1) is 11.5. The lowest BCUT2D eigenvalue weighted by Crippen LogP contribution is -1.95. The van der Waals surface area contributed by atoms with Crippen molar-refractivity contribution in [3.05, 3.63) is 28.7 Å². The van der Waals surface area contributed by atoms with Crippen LogP contribution in [0.3, 0.4) is 0 Å². The Labute approximate surface area is 106 Å². The molecule has 0 fully saturated rings. The van der Waals surface area contributed by atoms with Crippen LogP contribution in [0.4, 0.5) is 0 Å². The molecule has 3 heterocycles. The van der Waals surface area contributed by atoms with Gasteiger partial charge in [0.2, 0.25) is 4.96 Å². The van der Waals surface area contributed by atoms with Gasteiger partial charge in [-0.1, -0.05) is 17.4 Å². The minimum Gasteiger partial charge on any atom is -0.324 e. The zero-order valence-electron chi connectivity index (χ0n) is 8.16. The van der Waals surface area contributed by atoms with Gasteiger partial charge in [0.25, 0.3) is 0 Å². The Morgan fingerprint density at radius 1 is 1.44 bits per heavy atom. The molecule has 3 aromatic rings. The van der Waals surface area contributed by atoms with Gasteiger partial charge in [-0.3, -0.25) is 0 Å². The Kier molecular flexibility index (Phi) is 3.25. The standard InChI is InChI=1S/C9H8N4S2.ClH/c10-4-8-12-13-5-6(11-9(13)15-8)7-2-1-3-14-7;/h1-3,5H,4,10H2;1H. The van der Waals surface area contributed by atoms with Crippen molar-refractivity contribution in [2.24, 2.45) is 5.73 Å². The number of imidazole rings is 1. The Hall–Kier alpha value is -0.950. The van der Waals surface area contributed by atoms with Gasteiger partial charge in [-0.25, -0.2) is 9.50 Å². The monoisotopic (exact) mass is 272 g/mol. The van der Waals surface area contributed by atoms with Crippen LogP contribution >= 0.6 is 35.1 Å². The maximum Gasteiger partial charge on any atom is 0.212 e. The second kappa shape index (κ2) is 4.50. The van der Waals surface area contributed by atoms with E-state index in [0.29, 0.717) is 6.54 Å². The highest BCUT2D eigenvalue weighted by Gasteiger charge is 2.08. The summed E-state index contributed by atoms with van der Waals surface area (Å²) in [5, 5.41) is 7.27. The number of hydrogen-bond donors (Lipinski definition) is 1. The van der Waals surface area contributed by atoms with E-state index in [2.05, 4.69) is 16.1 Å². The number of nitrogens with zero attached hydrogens (tertiary/aromatic N) is 3. The van der Waals surface area contributed by atoms with Crippen LogP contribution in [0.25, 0.3) is 15.5 Å². The van der Waals surface area contributed by atoms with Crippen molar-refractivity contribution in [3.63, 3.8) is 0 Å². The topological polar surface area (TPSA) is 56.2 Å². The smallest absolute Gasteiger partial charge is 0.212 e. The fourth-order valence-electron chi connectivity index (χ4n) is 1.37. The zero-order valence-corrected chi connectivity index (χ0v) is 10.6.